The number of nitrogens with one attached hydrogen (secondary N) is 1. The van der Waals surface area contributed by atoms with Crippen LogP contribution in [0.5, 0.6) is 0 Å². The Morgan fingerprint density at radius 3 is 2.23 bits per heavy atom. The van der Waals surface area contributed by atoms with Gasteiger partial charge in [0.15, 0.2) is 8.32 Å². The summed E-state index contributed by atoms with van der Waals surface area (Å²) in [4.78, 5) is 21.3. The fourth-order valence-electron chi connectivity index (χ4n) is 3.83. The van der Waals surface area contributed by atoms with E-state index < -0.39 is 31.4 Å². The lowest BCUT2D eigenvalue weighted by Gasteiger charge is -2.40. The summed E-state index contributed by atoms with van der Waals surface area (Å²) in [5.41, 5.74) is 0.200. The quantitative estimate of drug-likeness (QED) is 0.256. The second-order valence-corrected chi connectivity index (χ2v) is 16.1. The minimum absolute atomic E-state index is 0.0152. The Bertz CT molecular complexity index is 1330. The molecule has 3 aromatic rings. The van der Waals surface area contributed by atoms with Gasteiger partial charge in [-0.05, 0) is 65.7 Å². The van der Waals surface area contributed by atoms with Gasteiger partial charge < -0.3 is 14.5 Å². The molecule has 0 saturated carbocycles. The molecule has 1 aromatic carbocycles. The normalized spacial score (nSPS) is 15.5. The van der Waals surface area contributed by atoms with Crippen LogP contribution >= 0.6 is 0 Å². The molecular weight excluding hydrogens is 530 g/mol. The van der Waals surface area contributed by atoms with Crippen molar-refractivity contribution >= 4 is 19.9 Å². The molecule has 0 aliphatic carbocycles. The summed E-state index contributed by atoms with van der Waals surface area (Å²) in [6, 6.07) is 9.81. The maximum absolute atomic E-state index is 13.5. The molecule has 0 unspecified atom stereocenters. The minimum Gasteiger partial charge on any atom is -0.413 e. The number of ether oxygens (including phenoxy) is 1. The summed E-state index contributed by atoms with van der Waals surface area (Å²) < 4.78 is 65.2. The summed E-state index contributed by atoms with van der Waals surface area (Å²) in [6.45, 7) is 10.5. The first-order chi connectivity index (χ1) is 18.1. The van der Waals surface area contributed by atoms with Gasteiger partial charge in [-0.25, -0.2) is 4.39 Å². The van der Waals surface area contributed by atoms with Crippen LogP contribution in [0.4, 0.5) is 23.2 Å². The molecule has 1 fully saturated rings. The zero-order valence-corrected chi connectivity index (χ0v) is 23.4. The van der Waals surface area contributed by atoms with Crippen molar-refractivity contribution in [3.8, 4) is 11.3 Å². The topological polar surface area (TPSA) is 73.3 Å². The van der Waals surface area contributed by atoms with Crippen molar-refractivity contribution in [3.63, 3.8) is 0 Å². The second-order valence-electron chi connectivity index (χ2n) is 11.2. The van der Waals surface area contributed by atoms with E-state index in [2.05, 4.69) is 36.1 Å². The van der Waals surface area contributed by atoms with Crippen LogP contribution in [0.3, 0.4) is 0 Å². The van der Waals surface area contributed by atoms with Gasteiger partial charge in [0.05, 0.1) is 25.5 Å². The molecule has 4 rings (SSSR count). The summed E-state index contributed by atoms with van der Waals surface area (Å²) in [5.74, 6) is -0.740. The number of amides is 1. The van der Waals surface area contributed by atoms with Gasteiger partial charge in [0.1, 0.15) is 16.9 Å². The van der Waals surface area contributed by atoms with Crippen molar-refractivity contribution in [2.75, 3.05) is 18.5 Å². The average molecular weight is 562 g/mol. The SMILES string of the molecule is CC(C)(C)[Si](C)(C)OCc1cc(C(F)(F)F)ncc1-c1ccc(C2(C(=O)Nc3ccc(F)cc3)COC2)cn1. The van der Waals surface area contributed by atoms with Crippen molar-refractivity contribution in [1.82, 2.24) is 9.97 Å². The van der Waals surface area contributed by atoms with Crippen molar-refractivity contribution in [2.24, 2.45) is 0 Å². The molecule has 2 aromatic heterocycles. The first-order valence-electron chi connectivity index (χ1n) is 12.4. The largest absolute Gasteiger partial charge is 0.433 e. The first-order valence-corrected chi connectivity index (χ1v) is 15.3. The van der Waals surface area contributed by atoms with Crippen molar-refractivity contribution in [2.45, 2.75) is 57.1 Å². The molecule has 1 N–H and O–H groups in total. The molecule has 208 valence electrons. The monoisotopic (exact) mass is 561 g/mol. The van der Waals surface area contributed by atoms with E-state index in [-0.39, 0.29) is 30.8 Å². The average Bonchev–Trinajstić information content (AvgIpc) is 2.82. The maximum Gasteiger partial charge on any atom is 0.433 e. The van der Waals surface area contributed by atoms with Crippen LogP contribution in [0, 0.1) is 5.82 Å². The summed E-state index contributed by atoms with van der Waals surface area (Å²) in [6.07, 6.45) is -1.91. The van der Waals surface area contributed by atoms with Crippen LogP contribution in [0.15, 0.2) is 54.9 Å². The number of rotatable bonds is 7. The molecule has 39 heavy (non-hydrogen) atoms. The first kappa shape index (κ1) is 28.8. The lowest BCUT2D eigenvalue weighted by molar-refractivity contribution is -0.141. The Morgan fingerprint density at radius 2 is 1.72 bits per heavy atom. The van der Waals surface area contributed by atoms with E-state index in [1.165, 1.54) is 36.7 Å². The smallest absolute Gasteiger partial charge is 0.413 e. The highest BCUT2D eigenvalue weighted by atomic mass is 28.4. The number of carbonyl (C=O) groups excluding carboxylic acids is 1. The molecule has 1 aliphatic heterocycles. The Balaban J connectivity index is 1.63. The van der Waals surface area contributed by atoms with E-state index in [9.17, 15) is 22.4 Å². The second kappa shape index (κ2) is 10.4. The number of carbonyl (C=O) groups is 1. The van der Waals surface area contributed by atoms with E-state index in [1.54, 1.807) is 12.1 Å². The predicted molar refractivity (Wildman–Crippen MR) is 142 cm³/mol. The van der Waals surface area contributed by atoms with Gasteiger partial charge in [-0.2, -0.15) is 13.2 Å². The van der Waals surface area contributed by atoms with Crippen LogP contribution in [0.1, 0.15) is 37.6 Å². The third-order valence-electron chi connectivity index (χ3n) is 7.50. The van der Waals surface area contributed by atoms with Gasteiger partial charge in [0.2, 0.25) is 5.91 Å². The zero-order valence-electron chi connectivity index (χ0n) is 22.4. The highest BCUT2D eigenvalue weighted by molar-refractivity contribution is 6.74. The molecule has 0 atom stereocenters. The number of benzene rings is 1. The zero-order chi connectivity index (χ0) is 28.6. The number of anilines is 1. The fraction of sp³-hybridized carbons (Fsp3) is 0.393. The highest BCUT2D eigenvalue weighted by Crippen LogP contribution is 2.39. The van der Waals surface area contributed by atoms with Crippen molar-refractivity contribution in [1.29, 1.82) is 0 Å². The predicted octanol–water partition coefficient (Wildman–Crippen LogP) is 6.73. The number of halogens is 4. The van der Waals surface area contributed by atoms with E-state index in [1.807, 2.05) is 13.1 Å². The van der Waals surface area contributed by atoms with Gasteiger partial charge in [-0.1, -0.05) is 26.8 Å². The van der Waals surface area contributed by atoms with Gasteiger partial charge in [-0.3, -0.25) is 14.8 Å². The van der Waals surface area contributed by atoms with Crippen LogP contribution in [0.25, 0.3) is 11.3 Å². The maximum atomic E-state index is 13.5. The Morgan fingerprint density at radius 1 is 1.05 bits per heavy atom. The van der Waals surface area contributed by atoms with E-state index in [4.69, 9.17) is 9.16 Å². The lowest BCUT2D eigenvalue weighted by atomic mass is 9.78. The molecular formula is C28H31F4N3O3Si. The summed E-state index contributed by atoms with van der Waals surface area (Å²) in [7, 11) is -2.26. The molecule has 11 heteroatoms. The summed E-state index contributed by atoms with van der Waals surface area (Å²) in [5, 5.41) is 2.66. The molecule has 0 spiro atoms. The van der Waals surface area contributed by atoms with Crippen molar-refractivity contribution in [3.05, 3.63) is 77.5 Å². The Labute approximate surface area is 225 Å². The van der Waals surface area contributed by atoms with Crippen LogP contribution in [0.2, 0.25) is 18.1 Å². The lowest BCUT2D eigenvalue weighted by Crippen LogP contribution is -2.55. The molecule has 0 radical (unpaired) electrons. The van der Waals surface area contributed by atoms with Crippen molar-refractivity contribution < 1.29 is 31.5 Å². The Kier molecular flexibility index (Phi) is 7.72. The molecule has 6 nitrogen and oxygen atoms in total. The van der Waals surface area contributed by atoms with E-state index in [0.717, 1.165) is 6.07 Å². The molecule has 1 amide bonds. The standard InChI is InChI=1S/C28H31F4N3O3Si/c1-26(2,3)39(4,5)38-15-18-12-24(28(30,31)32)34-14-22(18)23-11-6-19(13-33-23)27(16-37-17-27)25(36)35-21-9-7-20(29)8-10-21/h6-14H,15-17H2,1-5H3,(H,35,36). The van der Waals surface area contributed by atoms with Gasteiger partial charge >= 0.3 is 6.18 Å². The number of aromatic nitrogens is 2. The number of nitrogens with zero attached hydrogens (tertiary/aromatic N) is 2. The van der Waals surface area contributed by atoms with Gasteiger partial charge in [-0.15, -0.1) is 0 Å². The molecule has 1 aliphatic rings. The number of hydrogen-bond acceptors (Lipinski definition) is 5. The van der Waals surface area contributed by atoms with Crippen LogP contribution in [-0.2, 0) is 32.2 Å². The fourth-order valence-corrected chi connectivity index (χ4v) is 4.78. The van der Waals surface area contributed by atoms with Gasteiger partial charge in [0.25, 0.3) is 0 Å². The van der Waals surface area contributed by atoms with Crippen LogP contribution in [-0.4, -0.2) is 37.4 Å². The molecule has 1 saturated heterocycles. The summed E-state index contributed by atoms with van der Waals surface area (Å²) >= 11 is 0. The van der Waals surface area contributed by atoms with E-state index >= 15 is 0 Å². The molecule has 0 bridgehead atoms. The number of hydrogen-bond donors (Lipinski definition) is 1. The van der Waals surface area contributed by atoms with E-state index in [0.29, 0.717) is 28.1 Å². The third kappa shape index (κ3) is 6.05. The van der Waals surface area contributed by atoms with Crippen LogP contribution < -0.4 is 5.32 Å². The minimum atomic E-state index is -4.60. The number of pyridine rings is 2. The van der Waals surface area contributed by atoms with Gasteiger partial charge in [0, 0.05) is 23.6 Å². The number of alkyl halides is 3. The highest BCUT2D eigenvalue weighted by Gasteiger charge is 2.48. The molecule has 3 heterocycles. The third-order valence-corrected chi connectivity index (χ3v) is 12.0. The Hall–Kier alpha value is -3.15.